The highest BCUT2D eigenvalue weighted by Gasteiger charge is 2.00. The minimum Gasteiger partial charge on any atom is -0.478 e. The van der Waals surface area contributed by atoms with Crippen LogP contribution in [0.25, 0.3) is 6.08 Å². The smallest absolute Gasteiger partial charge is 0.331 e. The molecule has 0 spiro atoms. The van der Waals surface area contributed by atoms with Gasteiger partial charge in [-0.2, -0.15) is 0 Å². The number of carboxylic acid groups (broad SMARTS) is 1. The summed E-state index contributed by atoms with van der Waals surface area (Å²) in [4.78, 5) is 14.7. The number of carbonyl (C=O) groups is 1. The van der Waals surface area contributed by atoms with Gasteiger partial charge in [-0.05, 0) is 24.1 Å². The summed E-state index contributed by atoms with van der Waals surface area (Å²) in [5, 5.41) is 8.79. The molecule has 0 fully saturated rings. The number of aliphatic carboxylic acids is 1. The predicted octanol–water partition coefficient (Wildman–Crippen LogP) is 2.42. The van der Waals surface area contributed by atoms with Gasteiger partial charge in [-0.15, -0.1) is 0 Å². The summed E-state index contributed by atoms with van der Waals surface area (Å²) in [6.45, 7) is 2.35. The Bertz CT molecular complexity index is 554. The maximum atomic E-state index is 10.7. The second-order valence-corrected chi connectivity index (χ2v) is 4.11. The number of benzene rings is 1. The van der Waals surface area contributed by atoms with E-state index < -0.39 is 5.97 Å². The zero-order valence-electron chi connectivity index (χ0n) is 10.1. The Morgan fingerprint density at radius 3 is 2.67 bits per heavy atom. The molecule has 4 heteroatoms. The summed E-state index contributed by atoms with van der Waals surface area (Å²) in [6.07, 6.45) is 7.07. The first-order chi connectivity index (χ1) is 8.65. The highest BCUT2D eigenvalue weighted by molar-refractivity contribution is 5.91. The van der Waals surface area contributed by atoms with Crippen LogP contribution in [-0.2, 0) is 11.3 Å². The Labute approximate surface area is 105 Å². The molecule has 0 aliphatic carbocycles. The van der Waals surface area contributed by atoms with Crippen LogP contribution < -0.4 is 0 Å². The van der Waals surface area contributed by atoms with Gasteiger partial charge in [0.15, 0.2) is 0 Å². The molecule has 0 radical (unpaired) electrons. The van der Waals surface area contributed by atoms with Crippen molar-refractivity contribution >= 4 is 12.0 Å². The molecule has 1 heterocycles. The van der Waals surface area contributed by atoms with Crippen molar-refractivity contribution in [2.45, 2.75) is 13.5 Å². The fourth-order valence-electron chi connectivity index (χ4n) is 1.62. The van der Waals surface area contributed by atoms with E-state index in [0.29, 0.717) is 5.57 Å². The van der Waals surface area contributed by atoms with Crippen molar-refractivity contribution in [3.8, 4) is 0 Å². The molecule has 0 saturated heterocycles. The second kappa shape index (κ2) is 5.31. The molecule has 0 saturated carbocycles. The molecule has 0 aliphatic rings. The van der Waals surface area contributed by atoms with Crippen molar-refractivity contribution in [1.29, 1.82) is 0 Å². The molecule has 2 aromatic rings. The van der Waals surface area contributed by atoms with E-state index in [-0.39, 0.29) is 0 Å². The molecule has 1 aromatic heterocycles. The predicted molar refractivity (Wildman–Crippen MR) is 69.1 cm³/mol. The van der Waals surface area contributed by atoms with Gasteiger partial charge in [0.05, 0.1) is 6.33 Å². The van der Waals surface area contributed by atoms with E-state index in [9.17, 15) is 4.79 Å². The van der Waals surface area contributed by atoms with Gasteiger partial charge in [0.25, 0.3) is 0 Å². The summed E-state index contributed by atoms with van der Waals surface area (Å²) in [7, 11) is 0. The molecule has 2 rings (SSSR count). The van der Waals surface area contributed by atoms with E-state index in [4.69, 9.17) is 5.11 Å². The van der Waals surface area contributed by atoms with E-state index in [1.165, 1.54) is 0 Å². The molecule has 0 aliphatic heterocycles. The molecule has 0 amide bonds. The van der Waals surface area contributed by atoms with E-state index in [1.807, 2.05) is 35.0 Å². The molecular weight excluding hydrogens is 228 g/mol. The van der Waals surface area contributed by atoms with Gasteiger partial charge < -0.3 is 9.67 Å². The van der Waals surface area contributed by atoms with E-state index in [2.05, 4.69) is 4.98 Å². The third kappa shape index (κ3) is 3.07. The lowest BCUT2D eigenvalue weighted by atomic mass is 10.1. The van der Waals surface area contributed by atoms with Gasteiger partial charge in [0, 0.05) is 24.5 Å². The maximum absolute atomic E-state index is 10.7. The first-order valence-electron chi connectivity index (χ1n) is 5.61. The van der Waals surface area contributed by atoms with Gasteiger partial charge in [0.1, 0.15) is 0 Å². The SMILES string of the molecule is CC(=Cc1ccc(Cn2ccnc2)cc1)C(=O)O. The summed E-state index contributed by atoms with van der Waals surface area (Å²) < 4.78 is 1.98. The molecule has 1 aromatic carbocycles. The van der Waals surface area contributed by atoms with Crippen molar-refractivity contribution in [3.63, 3.8) is 0 Å². The third-order valence-electron chi connectivity index (χ3n) is 2.62. The van der Waals surface area contributed by atoms with Crippen LogP contribution in [0.2, 0.25) is 0 Å². The first kappa shape index (κ1) is 12.1. The zero-order valence-corrected chi connectivity index (χ0v) is 10.1. The molecule has 4 nitrogen and oxygen atoms in total. The Hall–Kier alpha value is -2.36. The number of imidazole rings is 1. The van der Waals surface area contributed by atoms with Crippen molar-refractivity contribution in [2.24, 2.45) is 0 Å². The molecule has 1 N–H and O–H groups in total. The van der Waals surface area contributed by atoms with Gasteiger partial charge in [0.2, 0.25) is 0 Å². The van der Waals surface area contributed by atoms with Crippen molar-refractivity contribution in [1.82, 2.24) is 9.55 Å². The zero-order chi connectivity index (χ0) is 13.0. The lowest BCUT2D eigenvalue weighted by Crippen LogP contribution is -1.97. The quantitative estimate of drug-likeness (QED) is 0.838. The molecule has 0 bridgehead atoms. The molecular formula is C14H14N2O2. The van der Waals surface area contributed by atoms with Crippen LogP contribution in [0.5, 0.6) is 0 Å². The van der Waals surface area contributed by atoms with E-state index >= 15 is 0 Å². The summed E-state index contributed by atoms with van der Waals surface area (Å²) in [5.41, 5.74) is 2.37. The average Bonchev–Trinajstić information content (AvgIpc) is 2.84. The second-order valence-electron chi connectivity index (χ2n) is 4.11. The lowest BCUT2D eigenvalue weighted by molar-refractivity contribution is -0.132. The monoisotopic (exact) mass is 242 g/mol. The van der Waals surface area contributed by atoms with Gasteiger partial charge in [-0.3, -0.25) is 0 Å². The van der Waals surface area contributed by atoms with E-state index in [0.717, 1.165) is 17.7 Å². The summed E-state index contributed by atoms with van der Waals surface area (Å²) in [5.74, 6) is -0.891. The number of hydrogen-bond acceptors (Lipinski definition) is 2. The van der Waals surface area contributed by atoms with Crippen LogP contribution in [-0.4, -0.2) is 20.6 Å². The maximum Gasteiger partial charge on any atom is 0.331 e. The van der Waals surface area contributed by atoms with Crippen LogP contribution in [0, 0.1) is 0 Å². The van der Waals surface area contributed by atoms with Crippen molar-refractivity contribution in [2.75, 3.05) is 0 Å². The molecule has 92 valence electrons. The molecule has 0 unspecified atom stereocenters. The van der Waals surface area contributed by atoms with Crippen LogP contribution >= 0.6 is 0 Å². The number of hydrogen-bond donors (Lipinski definition) is 1. The first-order valence-corrected chi connectivity index (χ1v) is 5.61. The Balaban J connectivity index is 2.10. The average molecular weight is 242 g/mol. The van der Waals surface area contributed by atoms with Crippen molar-refractivity contribution < 1.29 is 9.90 Å². The Kier molecular flexibility index (Phi) is 3.57. The van der Waals surface area contributed by atoms with Gasteiger partial charge >= 0.3 is 5.97 Å². The molecule has 0 atom stereocenters. The highest BCUT2D eigenvalue weighted by atomic mass is 16.4. The Morgan fingerprint density at radius 1 is 1.39 bits per heavy atom. The summed E-state index contributed by atoms with van der Waals surface area (Å²) >= 11 is 0. The van der Waals surface area contributed by atoms with Crippen LogP contribution in [0.15, 0.2) is 48.6 Å². The normalized spacial score (nSPS) is 11.5. The number of rotatable bonds is 4. The standard InChI is InChI=1S/C14H14N2O2/c1-11(14(17)18)8-12-2-4-13(5-3-12)9-16-7-6-15-10-16/h2-8,10H,9H2,1H3,(H,17,18). The lowest BCUT2D eigenvalue weighted by Gasteiger charge is -2.03. The highest BCUT2D eigenvalue weighted by Crippen LogP contribution is 2.10. The fraction of sp³-hybridized carbons (Fsp3) is 0.143. The fourth-order valence-corrected chi connectivity index (χ4v) is 1.62. The van der Waals surface area contributed by atoms with Crippen LogP contribution in [0.3, 0.4) is 0 Å². The minimum absolute atomic E-state index is 0.331. The van der Waals surface area contributed by atoms with Gasteiger partial charge in [-0.25, -0.2) is 9.78 Å². The topological polar surface area (TPSA) is 55.1 Å². The van der Waals surface area contributed by atoms with Crippen LogP contribution in [0.1, 0.15) is 18.1 Å². The number of aromatic nitrogens is 2. The van der Waals surface area contributed by atoms with Crippen molar-refractivity contribution in [3.05, 3.63) is 59.7 Å². The van der Waals surface area contributed by atoms with Crippen LogP contribution in [0.4, 0.5) is 0 Å². The minimum atomic E-state index is -0.891. The van der Waals surface area contributed by atoms with Gasteiger partial charge in [-0.1, -0.05) is 24.3 Å². The number of carboxylic acids is 1. The molecule has 18 heavy (non-hydrogen) atoms. The summed E-state index contributed by atoms with van der Waals surface area (Å²) in [6, 6.07) is 7.80. The largest absolute Gasteiger partial charge is 0.478 e. The Morgan fingerprint density at radius 2 is 2.11 bits per heavy atom. The van der Waals surface area contributed by atoms with E-state index in [1.54, 1.807) is 25.5 Å². The third-order valence-corrected chi connectivity index (χ3v) is 2.62. The number of nitrogens with zero attached hydrogens (tertiary/aromatic N) is 2.